The standard InChI is InChI=1S/C10H17Cl/c1-3-4-5-6-10(8-11)7-9(10)2/h3,9H,1,4-8H2,2H3. The molecular formula is C10H17Cl. The second kappa shape index (κ2) is 3.62. The zero-order valence-corrected chi connectivity index (χ0v) is 8.03. The Bertz CT molecular complexity index is 138. The van der Waals surface area contributed by atoms with Crippen LogP contribution >= 0.6 is 11.6 Å². The topological polar surface area (TPSA) is 0 Å². The van der Waals surface area contributed by atoms with E-state index in [0.29, 0.717) is 5.41 Å². The lowest BCUT2D eigenvalue weighted by atomic mass is 9.99. The van der Waals surface area contributed by atoms with E-state index in [1.165, 1.54) is 19.3 Å². The van der Waals surface area contributed by atoms with Gasteiger partial charge in [0.25, 0.3) is 0 Å². The molecular weight excluding hydrogens is 156 g/mol. The number of alkyl halides is 1. The van der Waals surface area contributed by atoms with Crippen molar-refractivity contribution in [3.63, 3.8) is 0 Å². The number of unbranched alkanes of at least 4 members (excludes halogenated alkanes) is 1. The number of hydrogen-bond acceptors (Lipinski definition) is 0. The van der Waals surface area contributed by atoms with Gasteiger partial charge in [-0.1, -0.05) is 13.0 Å². The fraction of sp³-hybridized carbons (Fsp3) is 0.800. The first kappa shape index (κ1) is 9.12. The van der Waals surface area contributed by atoms with E-state index in [-0.39, 0.29) is 0 Å². The summed E-state index contributed by atoms with van der Waals surface area (Å²) in [5.41, 5.74) is 0.518. The molecule has 0 aromatic heterocycles. The molecule has 2 atom stereocenters. The van der Waals surface area contributed by atoms with Gasteiger partial charge >= 0.3 is 0 Å². The van der Waals surface area contributed by atoms with E-state index in [9.17, 15) is 0 Å². The lowest BCUT2D eigenvalue weighted by molar-refractivity contribution is 0.465. The van der Waals surface area contributed by atoms with Gasteiger partial charge in [-0.05, 0) is 37.0 Å². The van der Waals surface area contributed by atoms with Gasteiger partial charge in [0.05, 0.1) is 0 Å². The molecule has 1 aliphatic carbocycles. The summed E-state index contributed by atoms with van der Waals surface area (Å²) in [7, 11) is 0. The average Bonchev–Trinajstić information content (AvgIpc) is 2.64. The second-order valence-electron chi connectivity index (χ2n) is 3.78. The highest BCUT2D eigenvalue weighted by Crippen LogP contribution is 2.56. The summed E-state index contributed by atoms with van der Waals surface area (Å²) < 4.78 is 0. The van der Waals surface area contributed by atoms with Crippen molar-refractivity contribution in [2.75, 3.05) is 5.88 Å². The summed E-state index contributed by atoms with van der Waals surface area (Å²) in [6.45, 7) is 6.01. The van der Waals surface area contributed by atoms with Gasteiger partial charge in [0.2, 0.25) is 0 Å². The molecule has 0 bridgehead atoms. The summed E-state index contributed by atoms with van der Waals surface area (Å²) in [6.07, 6.45) is 7.04. The lowest BCUT2D eigenvalue weighted by Crippen LogP contribution is -2.04. The first-order valence-corrected chi connectivity index (χ1v) is 4.95. The van der Waals surface area contributed by atoms with Crippen LogP contribution in [0.4, 0.5) is 0 Å². The Kier molecular flexibility index (Phi) is 3.00. The van der Waals surface area contributed by atoms with Crippen molar-refractivity contribution >= 4 is 11.6 Å². The van der Waals surface area contributed by atoms with E-state index < -0.39 is 0 Å². The molecule has 0 aliphatic heterocycles. The van der Waals surface area contributed by atoms with Crippen LogP contribution in [0.2, 0.25) is 0 Å². The first-order chi connectivity index (χ1) is 5.25. The zero-order valence-electron chi connectivity index (χ0n) is 7.28. The Morgan fingerprint density at radius 3 is 2.73 bits per heavy atom. The van der Waals surface area contributed by atoms with Gasteiger partial charge in [0, 0.05) is 5.88 Å². The van der Waals surface area contributed by atoms with Gasteiger partial charge in [-0.3, -0.25) is 0 Å². The summed E-state index contributed by atoms with van der Waals surface area (Å²) in [5, 5.41) is 0. The van der Waals surface area contributed by atoms with E-state index in [1.54, 1.807) is 0 Å². The van der Waals surface area contributed by atoms with Gasteiger partial charge in [0.15, 0.2) is 0 Å². The minimum absolute atomic E-state index is 0.518. The van der Waals surface area contributed by atoms with Gasteiger partial charge in [-0.15, -0.1) is 18.2 Å². The van der Waals surface area contributed by atoms with Crippen LogP contribution < -0.4 is 0 Å². The molecule has 0 N–H and O–H groups in total. The van der Waals surface area contributed by atoms with Crippen molar-refractivity contribution in [2.24, 2.45) is 11.3 Å². The average molecular weight is 173 g/mol. The lowest BCUT2D eigenvalue weighted by Gasteiger charge is -2.10. The van der Waals surface area contributed by atoms with Crippen molar-refractivity contribution in [1.82, 2.24) is 0 Å². The fourth-order valence-electron chi connectivity index (χ4n) is 1.75. The first-order valence-electron chi connectivity index (χ1n) is 4.42. The Labute approximate surface area is 74.6 Å². The molecule has 0 saturated heterocycles. The summed E-state index contributed by atoms with van der Waals surface area (Å²) in [4.78, 5) is 0. The van der Waals surface area contributed by atoms with Crippen LogP contribution in [-0.4, -0.2) is 5.88 Å². The van der Waals surface area contributed by atoms with E-state index >= 15 is 0 Å². The van der Waals surface area contributed by atoms with Crippen molar-refractivity contribution < 1.29 is 0 Å². The van der Waals surface area contributed by atoms with Crippen LogP contribution in [0.5, 0.6) is 0 Å². The Morgan fingerprint density at radius 1 is 1.73 bits per heavy atom. The number of allylic oxidation sites excluding steroid dienone is 1. The minimum Gasteiger partial charge on any atom is -0.126 e. The number of hydrogen-bond donors (Lipinski definition) is 0. The quantitative estimate of drug-likeness (QED) is 0.338. The second-order valence-corrected chi connectivity index (χ2v) is 4.05. The van der Waals surface area contributed by atoms with Crippen LogP contribution in [0.15, 0.2) is 12.7 Å². The molecule has 1 heteroatoms. The molecule has 1 saturated carbocycles. The van der Waals surface area contributed by atoms with E-state index in [2.05, 4.69) is 13.5 Å². The maximum absolute atomic E-state index is 5.90. The SMILES string of the molecule is C=CCCCC1(CCl)CC1C. The van der Waals surface area contributed by atoms with E-state index in [0.717, 1.165) is 18.2 Å². The maximum Gasteiger partial charge on any atom is 0.0282 e. The van der Waals surface area contributed by atoms with Gasteiger partial charge < -0.3 is 0 Å². The number of rotatable bonds is 5. The van der Waals surface area contributed by atoms with Crippen LogP contribution in [0.1, 0.15) is 32.6 Å². The van der Waals surface area contributed by atoms with E-state index in [1.807, 2.05) is 6.08 Å². The van der Waals surface area contributed by atoms with Gasteiger partial charge in [-0.25, -0.2) is 0 Å². The highest BCUT2D eigenvalue weighted by Gasteiger charge is 2.49. The third-order valence-corrected chi connectivity index (χ3v) is 3.48. The maximum atomic E-state index is 5.90. The summed E-state index contributed by atoms with van der Waals surface area (Å²) >= 11 is 5.90. The molecule has 0 radical (unpaired) electrons. The van der Waals surface area contributed by atoms with Crippen LogP contribution in [-0.2, 0) is 0 Å². The van der Waals surface area contributed by atoms with Crippen molar-refractivity contribution in [2.45, 2.75) is 32.6 Å². The summed E-state index contributed by atoms with van der Waals surface area (Å²) in [5.74, 6) is 1.72. The molecule has 0 heterocycles. The monoisotopic (exact) mass is 172 g/mol. The zero-order chi connectivity index (χ0) is 8.32. The molecule has 0 nitrogen and oxygen atoms in total. The molecule has 0 amide bonds. The van der Waals surface area contributed by atoms with Crippen molar-refractivity contribution in [3.8, 4) is 0 Å². The smallest absolute Gasteiger partial charge is 0.0282 e. The van der Waals surface area contributed by atoms with Crippen LogP contribution in [0, 0.1) is 11.3 Å². The fourth-order valence-corrected chi connectivity index (χ4v) is 2.26. The van der Waals surface area contributed by atoms with Crippen LogP contribution in [0.25, 0.3) is 0 Å². The van der Waals surface area contributed by atoms with E-state index in [4.69, 9.17) is 11.6 Å². The minimum atomic E-state index is 0.518. The highest BCUT2D eigenvalue weighted by molar-refractivity contribution is 6.18. The molecule has 1 rings (SSSR count). The number of halogens is 1. The van der Waals surface area contributed by atoms with Gasteiger partial charge in [0.1, 0.15) is 0 Å². The molecule has 1 fully saturated rings. The third-order valence-electron chi connectivity index (χ3n) is 2.95. The molecule has 64 valence electrons. The Hall–Kier alpha value is 0.0300. The predicted octanol–water partition coefficient (Wildman–Crippen LogP) is 3.61. The Morgan fingerprint density at radius 2 is 2.36 bits per heavy atom. The Balaban J connectivity index is 2.19. The van der Waals surface area contributed by atoms with Crippen LogP contribution in [0.3, 0.4) is 0 Å². The molecule has 0 aromatic rings. The molecule has 1 aliphatic rings. The molecule has 2 unspecified atom stereocenters. The predicted molar refractivity (Wildman–Crippen MR) is 51.0 cm³/mol. The molecule has 11 heavy (non-hydrogen) atoms. The molecule has 0 aromatic carbocycles. The van der Waals surface area contributed by atoms with Crippen molar-refractivity contribution in [1.29, 1.82) is 0 Å². The van der Waals surface area contributed by atoms with Gasteiger partial charge in [-0.2, -0.15) is 0 Å². The van der Waals surface area contributed by atoms with Crippen molar-refractivity contribution in [3.05, 3.63) is 12.7 Å². The highest BCUT2D eigenvalue weighted by atomic mass is 35.5. The summed E-state index contributed by atoms with van der Waals surface area (Å²) in [6, 6.07) is 0. The normalized spacial score (nSPS) is 35.3. The molecule has 0 spiro atoms. The third kappa shape index (κ3) is 1.99. The largest absolute Gasteiger partial charge is 0.126 e.